The van der Waals surface area contributed by atoms with Crippen LogP contribution in [0.5, 0.6) is 0 Å². The fourth-order valence-corrected chi connectivity index (χ4v) is 2.91. The molecular formula is C19H27N3O6S. The van der Waals surface area contributed by atoms with Crippen LogP contribution in [-0.2, 0) is 19.1 Å². The standard InChI is InChI=1S/C19H27N3O6S/c1-12(2)21-19(26)22-17(24)13(3)28-18(25)14-7-5-6-8-15(14)29-11-16(23)20-9-10-27-4/h5-8,12-13H,9-11H2,1-4H3,(H,20,23)(H2,21,22,24,26)/t13-/m0/s1. The summed E-state index contributed by atoms with van der Waals surface area (Å²) in [6.07, 6.45) is -1.17. The highest BCUT2D eigenvalue weighted by molar-refractivity contribution is 8.00. The number of rotatable bonds is 10. The third-order valence-electron chi connectivity index (χ3n) is 3.40. The highest BCUT2D eigenvalue weighted by Gasteiger charge is 2.22. The summed E-state index contributed by atoms with van der Waals surface area (Å²) >= 11 is 1.18. The van der Waals surface area contributed by atoms with E-state index < -0.39 is 24.0 Å². The first-order valence-corrected chi connectivity index (χ1v) is 10.0. The number of imide groups is 1. The lowest BCUT2D eigenvalue weighted by Gasteiger charge is -2.15. The zero-order valence-corrected chi connectivity index (χ0v) is 17.8. The van der Waals surface area contributed by atoms with E-state index in [9.17, 15) is 19.2 Å². The van der Waals surface area contributed by atoms with E-state index in [1.807, 2.05) is 0 Å². The van der Waals surface area contributed by atoms with Gasteiger partial charge in [-0.25, -0.2) is 9.59 Å². The third kappa shape index (κ3) is 9.44. The second-order valence-electron chi connectivity index (χ2n) is 6.29. The van der Waals surface area contributed by atoms with E-state index in [1.165, 1.54) is 18.7 Å². The molecule has 1 rings (SSSR count). The number of hydrogen-bond acceptors (Lipinski definition) is 7. The lowest BCUT2D eigenvalue weighted by molar-refractivity contribution is -0.128. The largest absolute Gasteiger partial charge is 0.449 e. The van der Waals surface area contributed by atoms with Crippen molar-refractivity contribution in [1.29, 1.82) is 0 Å². The van der Waals surface area contributed by atoms with Crippen molar-refractivity contribution >= 4 is 35.6 Å². The van der Waals surface area contributed by atoms with E-state index in [0.29, 0.717) is 18.0 Å². The van der Waals surface area contributed by atoms with Crippen molar-refractivity contribution in [2.45, 2.75) is 37.8 Å². The molecule has 0 bridgehead atoms. The minimum atomic E-state index is -1.17. The van der Waals surface area contributed by atoms with Gasteiger partial charge in [0.1, 0.15) is 0 Å². The maximum atomic E-state index is 12.5. The number of nitrogens with one attached hydrogen (secondary N) is 3. The van der Waals surface area contributed by atoms with Crippen LogP contribution in [0.4, 0.5) is 4.79 Å². The van der Waals surface area contributed by atoms with E-state index in [1.54, 1.807) is 45.2 Å². The van der Waals surface area contributed by atoms with Gasteiger partial charge in [0, 0.05) is 24.6 Å². The number of carbonyl (C=O) groups is 4. The van der Waals surface area contributed by atoms with Gasteiger partial charge >= 0.3 is 12.0 Å². The molecule has 0 unspecified atom stereocenters. The van der Waals surface area contributed by atoms with Crippen molar-refractivity contribution in [1.82, 2.24) is 16.0 Å². The highest BCUT2D eigenvalue weighted by Crippen LogP contribution is 2.23. The molecule has 9 nitrogen and oxygen atoms in total. The van der Waals surface area contributed by atoms with Gasteiger partial charge in [0.2, 0.25) is 5.91 Å². The number of methoxy groups -OCH3 is 1. The zero-order chi connectivity index (χ0) is 21.8. The molecule has 160 valence electrons. The number of amides is 4. The van der Waals surface area contributed by atoms with Gasteiger partial charge in [-0.3, -0.25) is 14.9 Å². The van der Waals surface area contributed by atoms with Crippen LogP contribution in [0, 0.1) is 0 Å². The van der Waals surface area contributed by atoms with E-state index in [2.05, 4.69) is 16.0 Å². The molecule has 1 aromatic rings. The van der Waals surface area contributed by atoms with Crippen LogP contribution >= 0.6 is 11.8 Å². The monoisotopic (exact) mass is 425 g/mol. The van der Waals surface area contributed by atoms with Crippen molar-refractivity contribution in [3.05, 3.63) is 29.8 Å². The molecule has 1 atom stereocenters. The van der Waals surface area contributed by atoms with Crippen LogP contribution in [0.3, 0.4) is 0 Å². The van der Waals surface area contributed by atoms with E-state index in [-0.39, 0.29) is 23.3 Å². The van der Waals surface area contributed by atoms with Crippen LogP contribution in [0.15, 0.2) is 29.2 Å². The van der Waals surface area contributed by atoms with Crippen molar-refractivity contribution in [2.24, 2.45) is 0 Å². The van der Waals surface area contributed by atoms with Gasteiger partial charge < -0.3 is 20.1 Å². The quantitative estimate of drug-likeness (QED) is 0.293. The van der Waals surface area contributed by atoms with Gasteiger partial charge in [0.15, 0.2) is 6.10 Å². The topological polar surface area (TPSA) is 123 Å². The Morgan fingerprint density at radius 2 is 1.79 bits per heavy atom. The van der Waals surface area contributed by atoms with Crippen LogP contribution in [-0.4, -0.2) is 62.0 Å². The Bertz CT molecular complexity index is 726. The molecule has 0 saturated carbocycles. The predicted octanol–water partition coefficient (Wildman–Crippen LogP) is 1.32. The Hall–Kier alpha value is -2.59. The number of esters is 1. The van der Waals surface area contributed by atoms with E-state index in [4.69, 9.17) is 9.47 Å². The molecule has 0 heterocycles. The Labute approximate surface area is 174 Å². The second-order valence-corrected chi connectivity index (χ2v) is 7.31. The summed E-state index contributed by atoms with van der Waals surface area (Å²) in [4.78, 5) is 48.4. The van der Waals surface area contributed by atoms with Crippen LogP contribution in [0.2, 0.25) is 0 Å². The van der Waals surface area contributed by atoms with E-state index in [0.717, 1.165) is 0 Å². The van der Waals surface area contributed by atoms with Crippen molar-refractivity contribution in [3.63, 3.8) is 0 Å². The number of ether oxygens (including phenoxy) is 2. The molecule has 29 heavy (non-hydrogen) atoms. The number of benzene rings is 1. The Balaban J connectivity index is 2.64. The number of hydrogen-bond donors (Lipinski definition) is 3. The van der Waals surface area contributed by atoms with Crippen molar-refractivity contribution in [3.8, 4) is 0 Å². The van der Waals surface area contributed by atoms with Gasteiger partial charge in [-0.05, 0) is 32.9 Å². The van der Waals surface area contributed by atoms with Crippen LogP contribution in [0.1, 0.15) is 31.1 Å². The van der Waals surface area contributed by atoms with Gasteiger partial charge in [0.25, 0.3) is 5.91 Å². The van der Waals surface area contributed by atoms with Gasteiger partial charge in [-0.2, -0.15) is 0 Å². The van der Waals surface area contributed by atoms with Gasteiger partial charge in [-0.1, -0.05) is 12.1 Å². The average molecular weight is 426 g/mol. The van der Waals surface area contributed by atoms with Crippen LogP contribution in [0.25, 0.3) is 0 Å². The Morgan fingerprint density at radius 3 is 2.45 bits per heavy atom. The summed E-state index contributed by atoms with van der Waals surface area (Å²) in [5.74, 6) is -1.54. The number of urea groups is 1. The molecule has 1 aromatic carbocycles. The molecule has 3 N–H and O–H groups in total. The lowest BCUT2D eigenvalue weighted by atomic mass is 10.2. The lowest BCUT2D eigenvalue weighted by Crippen LogP contribution is -2.46. The minimum Gasteiger partial charge on any atom is -0.449 e. The number of thioether (sulfide) groups is 1. The summed E-state index contributed by atoms with van der Waals surface area (Å²) in [6, 6.07) is 5.81. The SMILES string of the molecule is COCCNC(=O)CSc1ccccc1C(=O)O[C@@H](C)C(=O)NC(=O)NC(C)C. The minimum absolute atomic E-state index is 0.111. The summed E-state index contributed by atoms with van der Waals surface area (Å²) in [5.41, 5.74) is 0.230. The average Bonchev–Trinajstić information content (AvgIpc) is 2.65. The summed E-state index contributed by atoms with van der Waals surface area (Å²) in [7, 11) is 1.54. The fraction of sp³-hybridized carbons (Fsp3) is 0.474. The molecule has 0 fully saturated rings. The Morgan fingerprint density at radius 1 is 1.10 bits per heavy atom. The molecule has 0 saturated heterocycles. The zero-order valence-electron chi connectivity index (χ0n) is 16.9. The molecule has 0 aromatic heterocycles. The molecular weight excluding hydrogens is 398 g/mol. The van der Waals surface area contributed by atoms with Crippen molar-refractivity contribution in [2.75, 3.05) is 26.0 Å². The highest BCUT2D eigenvalue weighted by atomic mass is 32.2. The first kappa shape index (κ1) is 24.4. The van der Waals surface area contributed by atoms with Crippen molar-refractivity contribution < 1.29 is 28.7 Å². The van der Waals surface area contributed by atoms with Crippen LogP contribution < -0.4 is 16.0 Å². The molecule has 0 aliphatic heterocycles. The summed E-state index contributed by atoms with van der Waals surface area (Å²) in [5, 5.41) is 7.31. The smallest absolute Gasteiger partial charge is 0.340 e. The summed E-state index contributed by atoms with van der Waals surface area (Å²) < 4.78 is 10.0. The van der Waals surface area contributed by atoms with Gasteiger partial charge in [0.05, 0.1) is 17.9 Å². The molecule has 0 spiro atoms. The molecule has 4 amide bonds. The first-order valence-electron chi connectivity index (χ1n) is 9.04. The second kappa shape index (κ2) is 12.8. The summed E-state index contributed by atoms with van der Waals surface area (Å²) in [6.45, 7) is 5.68. The predicted molar refractivity (Wildman–Crippen MR) is 109 cm³/mol. The van der Waals surface area contributed by atoms with E-state index >= 15 is 0 Å². The molecule has 0 aliphatic carbocycles. The molecule has 0 aliphatic rings. The number of carbonyl (C=O) groups excluding carboxylic acids is 4. The first-order chi connectivity index (χ1) is 13.7. The third-order valence-corrected chi connectivity index (χ3v) is 4.48. The maximum absolute atomic E-state index is 12.5. The van der Waals surface area contributed by atoms with Gasteiger partial charge in [-0.15, -0.1) is 11.8 Å². The molecule has 10 heteroatoms. The molecule has 0 radical (unpaired) electrons. The fourth-order valence-electron chi connectivity index (χ4n) is 2.04. The Kier molecular flexibility index (Phi) is 10.8. The maximum Gasteiger partial charge on any atom is 0.340 e. The normalized spacial score (nSPS) is 11.5.